The summed E-state index contributed by atoms with van der Waals surface area (Å²) in [6.45, 7) is 8.12. The van der Waals surface area contributed by atoms with Crippen molar-refractivity contribution in [1.29, 1.82) is 0 Å². The average molecular weight is 637 g/mol. The van der Waals surface area contributed by atoms with Gasteiger partial charge in [-0.2, -0.15) is 0 Å². The van der Waals surface area contributed by atoms with E-state index in [-0.39, 0.29) is 0 Å². The van der Waals surface area contributed by atoms with Crippen LogP contribution in [0.2, 0.25) is 0 Å². The van der Waals surface area contributed by atoms with Gasteiger partial charge in [0, 0.05) is 13.4 Å². The first-order valence-corrected chi connectivity index (χ1v) is 13.5. The molecule has 0 saturated carbocycles. The molecule has 3 aromatic carbocycles. The molecule has 3 rings (SSSR count). The second-order valence-corrected chi connectivity index (χ2v) is 10.4. The Morgan fingerprint density at radius 2 is 0.794 bits per heavy atom. The van der Waals surface area contributed by atoms with Crippen molar-refractivity contribution in [3.05, 3.63) is 96.4 Å². The summed E-state index contributed by atoms with van der Waals surface area (Å²) < 4.78 is 3.01. The standard InChI is InChI=1S/C30H26BBr3/c1-5-9-19-13-24(28(32)15-21(19)11-7-3)23-18-30(34)26(17-27(23)31)25-14-20(10-6-2)22(12-8-4)16-29(25)33/h5-18H,1-4H3/b9-5+,10-6+,11-7+,12-8+. The number of hydrogen-bond acceptors (Lipinski definition) is 0. The van der Waals surface area contributed by atoms with Gasteiger partial charge < -0.3 is 0 Å². The predicted octanol–water partition coefficient (Wildman–Crippen LogP) is 10.2. The minimum atomic E-state index is 0.723. The minimum absolute atomic E-state index is 0.723. The lowest BCUT2D eigenvalue weighted by atomic mass is 9.83. The van der Waals surface area contributed by atoms with E-state index in [1.54, 1.807) is 0 Å². The molecular formula is C30H26BBr3. The Hall–Kier alpha value is -1.88. The molecule has 34 heavy (non-hydrogen) atoms. The molecule has 0 amide bonds. The fourth-order valence-electron chi connectivity index (χ4n) is 3.95. The van der Waals surface area contributed by atoms with Crippen molar-refractivity contribution in [1.82, 2.24) is 0 Å². The molecule has 0 spiro atoms. The van der Waals surface area contributed by atoms with Crippen LogP contribution in [0.5, 0.6) is 0 Å². The average Bonchev–Trinajstić information content (AvgIpc) is 2.79. The summed E-state index contributed by atoms with van der Waals surface area (Å²) in [5.74, 6) is 0. The van der Waals surface area contributed by atoms with Crippen LogP contribution < -0.4 is 5.46 Å². The normalized spacial score (nSPS) is 12.2. The van der Waals surface area contributed by atoms with Gasteiger partial charge in [-0.1, -0.05) is 108 Å². The van der Waals surface area contributed by atoms with Gasteiger partial charge in [0.05, 0.1) is 0 Å². The van der Waals surface area contributed by atoms with E-state index in [4.69, 9.17) is 7.85 Å². The highest BCUT2D eigenvalue weighted by Gasteiger charge is 2.15. The molecule has 0 bridgehead atoms. The summed E-state index contributed by atoms with van der Waals surface area (Å²) in [6.07, 6.45) is 16.7. The first-order chi connectivity index (χ1) is 16.3. The molecule has 0 heterocycles. The van der Waals surface area contributed by atoms with Crippen LogP contribution in [-0.2, 0) is 0 Å². The molecule has 0 unspecified atom stereocenters. The second kappa shape index (κ2) is 12.2. The lowest BCUT2D eigenvalue weighted by Crippen LogP contribution is -2.08. The molecule has 0 nitrogen and oxygen atoms in total. The van der Waals surface area contributed by atoms with Gasteiger partial charge in [0.15, 0.2) is 0 Å². The monoisotopic (exact) mass is 634 g/mol. The van der Waals surface area contributed by atoms with Crippen molar-refractivity contribution in [3.8, 4) is 22.3 Å². The lowest BCUT2D eigenvalue weighted by Gasteiger charge is -2.17. The van der Waals surface area contributed by atoms with E-state index >= 15 is 0 Å². The van der Waals surface area contributed by atoms with Crippen LogP contribution in [0.4, 0.5) is 0 Å². The van der Waals surface area contributed by atoms with Crippen LogP contribution >= 0.6 is 47.8 Å². The van der Waals surface area contributed by atoms with Gasteiger partial charge in [-0.15, -0.1) is 0 Å². The van der Waals surface area contributed by atoms with E-state index in [9.17, 15) is 0 Å². The van der Waals surface area contributed by atoms with Crippen molar-refractivity contribution < 1.29 is 0 Å². The third-order valence-corrected chi connectivity index (χ3v) is 7.42. The van der Waals surface area contributed by atoms with E-state index < -0.39 is 0 Å². The van der Waals surface area contributed by atoms with Crippen LogP contribution in [0, 0.1) is 0 Å². The molecule has 170 valence electrons. The van der Waals surface area contributed by atoms with Crippen LogP contribution in [-0.4, -0.2) is 7.85 Å². The second-order valence-electron chi connectivity index (χ2n) is 7.84. The Morgan fingerprint density at radius 1 is 0.471 bits per heavy atom. The summed E-state index contributed by atoms with van der Waals surface area (Å²) >= 11 is 11.4. The zero-order valence-electron chi connectivity index (χ0n) is 19.8. The molecule has 0 aliphatic heterocycles. The quantitative estimate of drug-likeness (QED) is 0.236. The van der Waals surface area contributed by atoms with Gasteiger partial charge in [0.25, 0.3) is 0 Å². The highest BCUT2D eigenvalue weighted by Crippen LogP contribution is 2.39. The molecule has 0 saturated heterocycles. The summed E-state index contributed by atoms with van der Waals surface area (Å²) in [5.41, 5.74) is 9.53. The smallest absolute Gasteiger partial charge is 0.0883 e. The third-order valence-electron chi connectivity index (χ3n) is 5.45. The molecule has 0 aromatic heterocycles. The molecular weight excluding hydrogens is 611 g/mol. The molecule has 0 N–H and O–H groups in total. The maximum Gasteiger partial charge on any atom is 0.114 e. The number of halogens is 3. The summed E-state index contributed by atoms with van der Waals surface area (Å²) in [5, 5.41) is 0. The molecule has 0 fully saturated rings. The van der Waals surface area contributed by atoms with Gasteiger partial charge in [0.1, 0.15) is 7.85 Å². The van der Waals surface area contributed by atoms with Crippen LogP contribution in [0.15, 0.2) is 74.1 Å². The Morgan fingerprint density at radius 3 is 1.21 bits per heavy atom. The van der Waals surface area contributed by atoms with Crippen molar-refractivity contribution in [3.63, 3.8) is 0 Å². The van der Waals surface area contributed by atoms with Crippen molar-refractivity contribution >= 4 is 85.4 Å². The maximum atomic E-state index is 6.66. The van der Waals surface area contributed by atoms with Gasteiger partial charge in [-0.3, -0.25) is 0 Å². The van der Waals surface area contributed by atoms with Gasteiger partial charge in [-0.05, 0) is 103 Å². The third kappa shape index (κ3) is 5.84. The first kappa shape index (κ1) is 26.7. The Balaban J connectivity index is 2.20. The van der Waals surface area contributed by atoms with Crippen molar-refractivity contribution in [2.24, 2.45) is 0 Å². The van der Waals surface area contributed by atoms with Gasteiger partial charge in [-0.25, -0.2) is 0 Å². The first-order valence-electron chi connectivity index (χ1n) is 11.1. The molecule has 2 radical (unpaired) electrons. The largest absolute Gasteiger partial charge is 0.114 e. The number of allylic oxidation sites excluding steroid dienone is 4. The van der Waals surface area contributed by atoms with Crippen molar-refractivity contribution in [2.45, 2.75) is 27.7 Å². The summed E-state index contributed by atoms with van der Waals surface area (Å²) in [6, 6.07) is 12.8. The summed E-state index contributed by atoms with van der Waals surface area (Å²) in [4.78, 5) is 0. The molecule has 0 aliphatic carbocycles. The van der Waals surface area contributed by atoms with Gasteiger partial charge >= 0.3 is 0 Å². The van der Waals surface area contributed by atoms with E-state index in [0.717, 1.165) is 57.8 Å². The fraction of sp³-hybridized carbons (Fsp3) is 0.133. The molecule has 4 heteroatoms. The lowest BCUT2D eigenvalue weighted by molar-refractivity contribution is 1.51. The van der Waals surface area contributed by atoms with Crippen LogP contribution in [0.25, 0.3) is 46.6 Å². The number of hydrogen-bond donors (Lipinski definition) is 0. The Kier molecular flexibility index (Phi) is 9.59. The fourth-order valence-corrected chi connectivity index (χ4v) is 5.66. The highest BCUT2D eigenvalue weighted by molar-refractivity contribution is 9.11. The molecule has 0 atom stereocenters. The zero-order chi connectivity index (χ0) is 24.8. The predicted molar refractivity (Wildman–Crippen MR) is 165 cm³/mol. The van der Waals surface area contributed by atoms with E-state index in [1.807, 2.05) is 27.7 Å². The van der Waals surface area contributed by atoms with Crippen molar-refractivity contribution in [2.75, 3.05) is 0 Å². The topological polar surface area (TPSA) is 0 Å². The van der Waals surface area contributed by atoms with E-state index in [2.05, 4.69) is 133 Å². The number of rotatable bonds is 6. The SMILES string of the molecule is [B]c1cc(-c2cc(/C=C/C)c(/C=C/C)cc2Br)c(Br)cc1-c1cc(/C=C/C)c(/C=C/C)cc1Br. The van der Waals surface area contributed by atoms with E-state index in [1.165, 1.54) is 5.56 Å². The van der Waals surface area contributed by atoms with Crippen LogP contribution in [0.3, 0.4) is 0 Å². The Bertz CT molecular complexity index is 1220. The van der Waals surface area contributed by atoms with Crippen LogP contribution in [0.1, 0.15) is 49.9 Å². The highest BCUT2D eigenvalue weighted by atomic mass is 79.9. The Labute approximate surface area is 230 Å². The van der Waals surface area contributed by atoms with E-state index in [0.29, 0.717) is 0 Å². The number of benzene rings is 3. The molecule has 3 aromatic rings. The molecule has 0 aliphatic rings. The zero-order valence-corrected chi connectivity index (χ0v) is 24.6. The summed E-state index contributed by atoms with van der Waals surface area (Å²) in [7, 11) is 6.66. The maximum absolute atomic E-state index is 6.66. The minimum Gasteiger partial charge on any atom is -0.0883 e. The van der Waals surface area contributed by atoms with Gasteiger partial charge in [0.2, 0.25) is 0 Å².